The van der Waals surface area contributed by atoms with Crippen LogP contribution in [0.5, 0.6) is 0 Å². The third-order valence-electron chi connectivity index (χ3n) is 4.50. The molecule has 2 aromatic heterocycles. The maximum Gasteiger partial charge on any atom is 0.272 e. The molecule has 0 N–H and O–H groups in total. The summed E-state index contributed by atoms with van der Waals surface area (Å²) in [4.78, 5) is 19.2. The molecule has 7 heteroatoms. The van der Waals surface area contributed by atoms with Crippen LogP contribution in [0.1, 0.15) is 29.7 Å². The summed E-state index contributed by atoms with van der Waals surface area (Å²) in [5.74, 6) is 0.510. The molecule has 2 aromatic carbocycles. The Labute approximate surface area is 173 Å². The number of nitrogens with zero attached hydrogens (tertiary/aromatic N) is 4. The number of halogens is 1. The predicted molar refractivity (Wildman–Crippen MR) is 112 cm³/mol. The number of pyridine rings is 1. The molecule has 0 aliphatic heterocycles. The van der Waals surface area contributed by atoms with Crippen molar-refractivity contribution in [2.75, 3.05) is 6.54 Å². The summed E-state index contributed by atoms with van der Waals surface area (Å²) in [5, 5.41) is 9.70. The van der Waals surface area contributed by atoms with E-state index in [1.54, 1.807) is 17.0 Å². The molecular formula is C22H19ClN4O2. The van der Waals surface area contributed by atoms with Gasteiger partial charge in [0.1, 0.15) is 5.69 Å². The maximum atomic E-state index is 13.1. The van der Waals surface area contributed by atoms with E-state index in [-0.39, 0.29) is 12.5 Å². The van der Waals surface area contributed by atoms with Crippen molar-refractivity contribution in [3.05, 3.63) is 77.3 Å². The van der Waals surface area contributed by atoms with Gasteiger partial charge in [0, 0.05) is 11.9 Å². The lowest BCUT2D eigenvalue weighted by Crippen LogP contribution is -2.32. The minimum absolute atomic E-state index is 0.171. The largest absolute Gasteiger partial charge is 0.419 e. The molecule has 4 aromatic rings. The Hall–Kier alpha value is -3.25. The number of amides is 1. The fourth-order valence-corrected chi connectivity index (χ4v) is 3.31. The average molecular weight is 407 g/mol. The van der Waals surface area contributed by atoms with Crippen LogP contribution in [0.3, 0.4) is 0 Å². The van der Waals surface area contributed by atoms with Crippen LogP contribution in [-0.4, -0.2) is 32.5 Å². The van der Waals surface area contributed by atoms with E-state index in [0.717, 1.165) is 17.3 Å². The van der Waals surface area contributed by atoms with Crippen LogP contribution < -0.4 is 0 Å². The van der Waals surface area contributed by atoms with Crippen LogP contribution in [0.15, 0.2) is 65.1 Å². The predicted octanol–water partition coefficient (Wildman–Crippen LogP) is 4.99. The third-order valence-corrected chi connectivity index (χ3v) is 4.83. The average Bonchev–Trinajstić information content (AvgIpc) is 3.21. The number of rotatable bonds is 6. The molecule has 1 amide bonds. The van der Waals surface area contributed by atoms with Crippen molar-refractivity contribution >= 4 is 28.4 Å². The molecule has 0 saturated carbocycles. The van der Waals surface area contributed by atoms with Crippen LogP contribution in [0.2, 0.25) is 5.02 Å². The van der Waals surface area contributed by atoms with E-state index in [0.29, 0.717) is 34.6 Å². The van der Waals surface area contributed by atoms with Crippen LogP contribution >= 0.6 is 11.6 Å². The van der Waals surface area contributed by atoms with E-state index in [9.17, 15) is 4.79 Å². The fourth-order valence-electron chi connectivity index (χ4n) is 3.09. The first-order chi connectivity index (χ1) is 14.2. The molecule has 0 bridgehead atoms. The lowest BCUT2D eigenvalue weighted by molar-refractivity contribution is 0.0723. The van der Waals surface area contributed by atoms with Gasteiger partial charge in [0.2, 0.25) is 11.8 Å². The van der Waals surface area contributed by atoms with Crippen molar-refractivity contribution in [3.63, 3.8) is 0 Å². The van der Waals surface area contributed by atoms with Gasteiger partial charge in [0.15, 0.2) is 0 Å². The third kappa shape index (κ3) is 4.12. The number of carbonyl (C=O) groups excluding carboxylic acids is 1. The highest BCUT2D eigenvalue weighted by atomic mass is 35.5. The van der Waals surface area contributed by atoms with E-state index < -0.39 is 0 Å². The second-order valence-electron chi connectivity index (χ2n) is 6.60. The van der Waals surface area contributed by atoms with Gasteiger partial charge in [-0.15, -0.1) is 10.2 Å². The van der Waals surface area contributed by atoms with E-state index in [1.807, 2.05) is 55.5 Å². The van der Waals surface area contributed by atoms with Crippen molar-refractivity contribution in [2.45, 2.75) is 19.9 Å². The summed E-state index contributed by atoms with van der Waals surface area (Å²) in [6.07, 6.45) is 0.796. The summed E-state index contributed by atoms with van der Waals surface area (Å²) in [6.45, 7) is 2.77. The van der Waals surface area contributed by atoms with Gasteiger partial charge in [0.25, 0.3) is 5.91 Å². The molecule has 4 rings (SSSR count). The molecule has 0 radical (unpaired) electrons. The van der Waals surface area contributed by atoms with Gasteiger partial charge >= 0.3 is 0 Å². The molecular weight excluding hydrogens is 388 g/mol. The number of carbonyl (C=O) groups is 1. The van der Waals surface area contributed by atoms with Gasteiger partial charge in [-0.1, -0.05) is 54.9 Å². The van der Waals surface area contributed by atoms with Gasteiger partial charge in [0.05, 0.1) is 22.6 Å². The maximum absolute atomic E-state index is 13.1. The summed E-state index contributed by atoms with van der Waals surface area (Å²) in [6, 6.07) is 18.6. The second kappa shape index (κ2) is 8.41. The number of benzene rings is 2. The van der Waals surface area contributed by atoms with Gasteiger partial charge in [-0.2, -0.15) is 0 Å². The van der Waals surface area contributed by atoms with E-state index in [1.165, 1.54) is 0 Å². The van der Waals surface area contributed by atoms with Gasteiger partial charge in [-0.25, -0.2) is 4.98 Å². The van der Waals surface area contributed by atoms with Crippen LogP contribution in [0, 0.1) is 0 Å². The second-order valence-corrected chi connectivity index (χ2v) is 7.00. The standard InChI is InChI=1S/C22H19ClN4O2/c1-2-13-27(22(28)19-12-11-15-7-3-6-10-18(15)24-19)14-20-25-26-21(29-20)16-8-4-5-9-17(16)23/h3-12H,2,13-14H2,1H3. The Balaban J connectivity index is 1.57. The van der Waals surface area contributed by atoms with E-state index in [2.05, 4.69) is 15.2 Å². The van der Waals surface area contributed by atoms with Crippen molar-refractivity contribution < 1.29 is 9.21 Å². The number of para-hydroxylation sites is 1. The molecule has 0 atom stereocenters. The first-order valence-corrected chi connectivity index (χ1v) is 9.76. The Morgan fingerprint density at radius 3 is 2.66 bits per heavy atom. The Bertz CT molecular complexity index is 1160. The number of hydrogen-bond donors (Lipinski definition) is 0. The van der Waals surface area contributed by atoms with Crippen LogP contribution in [-0.2, 0) is 6.54 Å². The topological polar surface area (TPSA) is 72.1 Å². The molecule has 146 valence electrons. The molecule has 0 fully saturated rings. The Morgan fingerprint density at radius 1 is 1.03 bits per heavy atom. The fraction of sp³-hybridized carbons (Fsp3) is 0.182. The van der Waals surface area contributed by atoms with Gasteiger partial charge in [-0.3, -0.25) is 4.79 Å². The highest BCUT2D eigenvalue weighted by Gasteiger charge is 2.20. The molecule has 0 aliphatic carbocycles. The van der Waals surface area contributed by atoms with E-state index >= 15 is 0 Å². The molecule has 6 nitrogen and oxygen atoms in total. The number of fused-ring (bicyclic) bond motifs is 1. The van der Waals surface area contributed by atoms with Crippen LogP contribution in [0.4, 0.5) is 0 Å². The normalized spacial score (nSPS) is 11.0. The molecule has 0 aliphatic rings. The van der Waals surface area contributed by atoms with Gasteiger partial charge in [-0.05, 0) is 30.7 Å². The first-order valence-electron chi connectivity index (χ1n) is 9.38. The van der Waals surface area contributed by atoms with E-state index in [4.69, 9.17) is 16.0 Å². The van der Waals surface area contributed by atoms with Crippen molar-refractivity contribution in [3.8, 4) is 11.5 Å². The molecule has 2 heterocycles. The SMILES string of the molecule is CCCN(Cc1nnc(-c2ccccc2Cl)o1)C(=O)c1ccc2ccccc2n1. The monoisotopic (exact) mass is 406 g/mol. The highest BCUT2D eigenvalue weighted by molar-refractivity contribution is 6.33. The summed E-state index contributed by atoms with van der Waals surface area (Å²) >= 11 is 6.20. The number of aromatic nitrogens is 3. The molecule has 0 spiro atoms. The van der Waals surface area contributed by atoms with Crippen LogP contribution in [0.25, 0.3) is 22.4 Å². The first kappa shape index (κ1) is 19.1. The minimum atomic E-state index is -0.171. The van der Waals surface area contributed by atoms with Crippen molar-refractivity contribution in [1.82, 2.24) is 20.1 Å². The van der Waals surface area contributed by atoms with Crippen molar-refractivity contribution in [2.24, 2.45) is 0 Å². The van der Waals surface area contributed by atoms with Gasteiger partial charge < -0.3 is 9.32 Å². The highest BCUT2D eigenvalue weighted by Crippen LogP contribution is 2.26. The Kier molecular flexibility index (Phi) is 5.53. The molecule has 29 heavy (non-hydrogen) atoms. The summed E-state index contributed by atoms with van der Waals surface area (Å²) in [7, 11) is 0. The zero-order chi connectivity index (χ0) is 20.2. The summed E-state index contributed by atoms with van der Waals surface area (Å²) in [5.41, 5.74) is 1.84. The minimum Gasteiger partial charge on any atom is -0.419 e. The smallest absolute Gasteiger partial charge is 0.272 e. The number of hydrogen-bond acceptors (Lipinski definition) is 5. The van der Waals surface area contributed by atoms with Crippen molar-refractivity contribution in [1.29, 1.82) is 0 Å². The zero-order valence-corrected chi connectivity index (χ0v) is 16.6. The Morgan fingerprint density at radius 2 is 1.83 bits per heavy atom. The molecule has 0 saturated heterocycles. The molecule has 0 unspecified atom stereocenters. The zero-order valence-electron chi connectivity index (χ0n) is 15.9. The summed E-state index contributed by atoms with van der Waals surface area (Å²) < 4.78 is 5.76. The quantitative estimate of drug-likeness (QED) is 0.451. The lowest BCUT2D eigenvalue weighted by Gasteiger charge is -2.20. The lowest BCUT2D eigenvalue weighted by atomic mass is 10.2.